The number of hydrogen-bond donors (Lipinski definition) is 1. The van der Waals surface area contributed by atoms with Crippen molar-refractivity contribution >= 4 is 21.6 Å². The van der Waals surface area contributed by atoms with Crippen LogP contribution in [0.5, 0.6) is 0 Å². The van der Waals surface area contributed by atoms with Gasteiger partial charge in [0.05, 0.1) is 19.8 Å². The lowest BCUT2D eigenvalue weighted by molar-refractivity contribution is 0.0650. The van der Waals surface area contributed by atoms with E-state index >= 15 is 0 Å². The summed E-state index contributed by atoms with van der Waals surface area (Å²) in [5.74, 6) is 0.458. The molecule has 1 N–H and O–H groups in total. The van der Waals surface area contributed by atoms with Crippen LogP contribution in [-0.4, -0.2) is 33.5 Å². The quantitative estimate of drug-likeness (QED) is 0.844. The van der Waals surface area contributed by atoms with Gasteiger partial charge >= 0.3 is 0 Å². The number of ether oxygens (including phenoxy) is 2. The summed E-state index contributed by atoms with van der Waals surface area (Å²) in [6.07, 6.45) is 0. The van der Waals surface area contributed by atoms with Gasteiger partial charge in [-0.3, -0.25) is 0 Å². The van der Waals surface area contributed by atoms with E-state index in [-0.39, 0.29) is 0 Å². The second-order valence-corrected chi connectivity index (χ2v) is 4.79. The third kappa shape index (κ3) is 2.75. The Morgan fingerprint density at radius 2 is 2.31 bits per heavy atom. The fourth-order valence-corrected chi connectivity index (χ4v) is 2.26. The maximum absolute atomic E-state index is 5.57. The lowest BCUT2D eigenvalue weighted by Crippen LogP contribution is -2.12. The van der Waals surface area contributed by atoms with E-state index in [2.05, 4.69) is 39.4 Å². The van der Waals surface area contributed by atoms with Crippen molar-refractivity contribution in [3.63, 3.8) is 0 Å². The number of halogens is 1. The normalized spacial score (nSPS) is 18.2. The van der Waals surface area contributed by atoms with Crippen molar-refractivity contribution in [1.29, 1.82) is 0 Å². The maximum atomic E-state index is 5.57. The van der Waals surface area contributed by atoms with Crippen molar-refractivity contribution in [2.45, 2.75) is 5.92 Å². The lowest BCUT2D eigenvalue weighted by atomic mass is 10.0. The van der Waals surface area contributed by atoms with Gasteiger partial charge in [-0.2, -0.15) is 0 Å². The summed E-state index contributed by atoms with van der Waals surface area (Å²) in [4.78, 5) is 0. The van der Waals surface area contributed by atoms with E-state index in [4.69, 9.17) is 9.47 Å². The van der Waals surface area contributed by atoms with Crippen LogP contribution in [-0.2, 0) is 9.47 Å². The average Bonchev–Trinajstić information content (AvgIpc) is 2.67. The molecule has 3 nitrogen and oxygen atoms in total. The van der Waals surface area contributed by atoms with Crippen LogP contribution in [0.3, 0.4) is 0 Å². The van der Waals surface area contributed by atoms with Crippen molar-refractivity contribution in [1.82, 2.24) is 0 Å². The van der Waals surface area contributed by atoms with Crippen LogP contribution >= 0.6 is 15.9 Å². The first-order chi connectivity index (χ1) is 7.81. The molecule has 2 rings (SSSR count). The second kappa shape index (κ2) is 5.66. The van der Waals surface area contributed by atoms with Crippen molar-refractivity contribution in [3.05, 3.63) is 28.2 Å². The maximum Gasteiger partial charge on any atom is 0.0700 e. The number of hydrogen-bond acceptors (Lipinski definition) is 3. The van der Waals surface area contributed by atoms with E-state index in [1.165, 1.54) is 11.3 Å². The molecule has 0 radical (unpaired) electrons. The molecule has 1 atom stereocenters. The zero-order valence-corrected chi connectivity index (χ0v) is 10.9. The number of nitrogens with one attached hydrogen (secondary N) is 1. The summed E-state index contributed by atoms with van der Waals surface area (Å²) in [6.45, 7) is 3.04. The van der Waals surface area contributed by atoms with Crippen molar-refractivity contribution in [2.24, 2.45) is 0 Å². The summed E-state index contributed by atoms with van der Waals surface area (Å²) >= 11 is 3.47. The summed E-state index contributed by atoms with van der Waals surface area (Å²) in [5.41, 5.74) is 2.57. The number of fused-ring (bicyclic) bond motifs is 1. The third-order valence-corrected chi connectivity index (χ3v) is 3.24. The molecule has 0 bridgehead atoms. The minimum atomic E-state index is 0.458. The van der Waals surface area contributed by atoms with Crippen molar-refractivity contribution in [2.75, 3.05) is 38.8 Å². The standard InChI is InChI=1S/C12H16BrNO2/c1-15-4-5-16-8-9-7-14-12-6-10(13)2-3-11(9)12/h2-3,6,9,14H,4-5,7-8H2,1H3. The molecular weight excluding hydrogens is 270 g/mol. The van der Waals surface area contributed by atoms with Crippen LogP contribution in [0.25, 0.3) is 0 Å². The zero-order chi connectivity index (χ0) is 11.4. The van der Waals surface area contributed by atoms with E-state index in [0.29, 0.717) is 19.1 Å². The first-order valence-corrected chi connectivity index (χ1v) is 6.20. The van der Waals surface area contributed by atoms with Gasteiger partial charge in [-0.1, -0.05) is 22.0 Å². The Morgan fingerprint density at radius 3 is 3.12 bits per heavy atom. The minimum Gasteiger partial charge on any atom is -0.384 e. The van der Waals surface area contributed by atoms with Gasteiger partial charge in [0.2, 0.25) is 0 Å². The fraction of sp³-hybridized carbons (Fsp3) is 0.500. The number of methoxy groups -OCH3 is 1. The SMILES string of the molecule is COCCOCC1CNc2cc(Br)ccc21. The summed E-state index contributed by atoms with van der Waals surface area (Å²) in [7, 11) is 1.69. The van der Waals surface area contributed by atoms with Crippen LogP contribution in [0.2, 0.25) is 0 Å². The van der Waals surface area contributed by atoms with E-state index in [0.717, 1.165) is 17.6 Å². The molecule has 4 heteroatoms. The fourth-order valence-electron chi connectivity index (χ4n) is 1.90. The molecular formula is C12H16BrNO2. The topological polar surface area (TPSA) is 30.5 Å². The highest BCUT2D eigenvalue weighted by atomic mass is 79.9. The Kier molecular flexibility index (Phi) is 4.21. The van der Waals surface area contributed by atoms with Crippen LogP contribution in [0.1, 0.15) is 11.5 Å². The van der Waals surface area contributed by atoms with E-state index in [1.54, 1.807) is 7.11 Å². The first kappa shape index (κ1) is 11.9. The van der Waals surface area contributed by atoms with Crippen molar-refractivity contribution < 1.29 is 9.47 Å². The Labute approximate surface area is 104 Å². The van der Waals surface area contributed by atoms with E-state index in [1.807, 2.05) is 0 Å². The smallest absolute Gasteiger partial charge is 0.0700 e. The molecule has 1 aliphatic rings. The Balaban J connectivity index is 1.91. The molecule has 0 saturated carbocycles. The average molecular weight is 286 g/mol. The summed E-state index contributed by atoms with van der Waals surface area (Å²) in [5, 5.41) is 3.39. The summed E-state index contributed by atoms with van der Waals surface area (Å²) in [6, 6.07) is 6.35. The van der Waals surface area contributed by atoms with Crippen LogP contribution in [0.4, 0.5) is 5.69 Å². The van der Waals surface area contributed by atoms with Gasteiger partial charge in [0.15, 0.2) is 0 Å². The second-order valence-electron chi connectivity index (χ2n) is 3.88. The van der Waals surface area contributed by atoms with E-state index < -0.39 is 0 Å². The molecule has 0 aromatic heterocycles. The summed E-state index contributed by atoms with van der Waals surface area (Å²) < 4.78 is 11.6. The van der Waals surface area contributed by atoms with E-state index in [9.17, 15) is 0 Å². The Hall–Kier alpha value is -0.580. The van der Waals surface area contributed by atoms with Gasteiger partial charge < -0.3 is 14.8 Å². The Bertz CT molecular complexity index is 357. The molecule has 88 valence electrons. The highest BCUT2D eigenvalue weighted by molar-refractivity contribution is 9.10. The molecule has 0 aliphatic carbocycles. The largest absolute Gasteiger partial charge is 0.384 e. The van der Waals surface area contributed by atoms with Crippen LogP contribution in [0, 0.1) is 0 Å². The van der Waals surface area contributed by atoms with Gasteiger partial charge in [0.25, 0.3) is 0 Å². The number of rotatable bonds is 5. The molecule has 1 aromatic rings. The molecule has 0 amide bonds. The molecule has 1 heterocycles. The first-order valence-electron chi connectivity index (χ1n) is 5.41. The van der Waals surface area contributed by atoms with Crippen LogP contribution < -0.4 is 5.32 Å². The molecule has 1 aliphatic heterocycles. The predicted molar refractivity (Wildman–Crippen MR) is 68.1 cm³/mol. The third-order valence-electron chi connectivity index (χ3n) is 2.74. The van der Waals surface area contributed by atoms with Gasteiger partial charge in [-0.05, 0) is 17.7 Å². The molecule has 16 heavy (non-hydrogen) atoms. The van der Waals surface area contributed by atoms with Gasteiger partial charge in [0.1, 0.15) is 0 Å². The molecule has 0 spiro atoms. The van der Waals surface area contributed by atoms with Gasteiger partial charge in [0, 0.05) is 29.7 Å². The molecule has 0 saturated heterocycles. The van der Waals surface area contributed by atoms with Gasteiger partial charge in [-0.15, -0.1) is 0 Å². The number of benzene rings is 1. The number of anilines is 1. The highest BCUT2D eigenvalue weighted by Crippen LogP contribution is 2.33. The zero-order valence-electron chi connectivity index (χ0n) is 9.33. The molecule has 0 fully saturated rings. The Morgan fingerprint density at radius 1 is 1.44 bits per heavy atom. The molecule has 1 aromatic carbocycles. The van der Waals surface area contributed by atoms with Crippen LogP contribution in [0.15, 0.2) is 22.7 Å². The lowest BCUT2D eigenvalue weighted by Gasteiger charge is -2.10. The van der Waals surface area contributed by atoms with Crippen molar-refractivity contribution in [3.8, 4) is 0 Å². The molecule has 1 unspecified atom stereocenters. The highest BCUT2D eigenvalue weighted by Gasteiger charge is 2.21. The monoisotopic (exact) mass is 285 g/mol. The minimum absolute atomic E-state index is 0.458. The predicted octanol–water partition coefficient (Wildman–Crippen LogP) is 2.62. The van der Waals surface area contributed by atoms with Gasteiger partial charge in [-0.25, -0.2) is 0 Å².